The molecule has 1 saturated heterocycles. The normalized spacial score (nSPS) is 15.3. The van der Waals surface area contributed by atoms with E-state index < -0.39 is 42.0 Å². The lowest BCUT2D eigenvalue weighted by molar-refractivity contribution is -0.138. The van der Waals surface area contributed by atoms with Crippen molar-refractivity contribution in [2.75, 3.05) is 39.8 Å². The highest BCUT2D eigenvalue weighted by atomic mass is 16.2. The van der Waals surface area contributed by atoms with Crippen LogP contribution >= 0.6 is 0 Å². The van der Waals surface area contributed by atoms with E-state index in [9.17, 15) is 24.0 Å². The number of rotatable bonds is 10. The number of hydrogen-bond acceptors (Lipinski definition) is 7. The fourth-order valence-electron chi connectivity index (χ4n) is 3.13. The third-order valence-corrected chi connectivity index (χ3v) is 5.19. The maximum Gasteiger partial charge on any atom is 0.289 e. The van der Waals surface area contributed by atoms with Gasteiger partial charge in [0.05, 0.1) is 13.1 Å². The summed E-state index contributed by atoms with van der Waals surface area (Å²) in [7, 11) is 2.04. The number of nitrogens with zero attached hydrogens (tertiary/aromatic N) is 2. The quantitative estimate of drug-likeness (QED) is 0.318. The van der Waals surface area contributed by atoms with Gasteiger partial charge in [0, 0.05) is 24.5 Å². The Morgan fingerprint density at radius 1 is 1.03 bits per heavy atom. The summed E-state index contributed by atoms with van der Waals surface area (Å²) in [4.78, 5) is 65.9. The predicted molar refractivity (Wildman–Crippen MR) is 115 cm³/mol. The number of carbonyl (C=O) groups is 5. The molecule has 1 fully saturated rings. The monoisotopic (exact) mass is 446 g/mol. The highest BCUT2D eigenvalue weighted by Gasteiger charge is 2.21. The van der Waals surface area contributed by atoms with E-state index in [1.807, 2.05) is 7.05 Å². The maximum atomic E-state index is 12.1. The molecule has 4 amide bonds. The number of hydrogen-bond donors (Lipinski definition) is 4. The van der Waals surface area contributed by atoms with Gasteiger partial charge in [0.15, 0.2) is 0 Å². The number of carbonyl (C=O) groups excluding carboxylic acids is 5. The largest absolute Gasteiger partial charge is 0.349 e. The number of Topliss-reactive ketones (excluding diaryl/α,β-unsaturated/α-hetero) is 1. The molecule has 0 saturated carbocycles. The second-order valence-corrected chi connectivity index (χ2v) is 7.81. The first-order valence-corrected chi connectivity index (χ1v) is 10.5. The fraction of sp³-hybridized carbons (Fsp3) is 0.524. The van der Waals surface area contributed by atoms with Gasteiger partial charge in [-0.25, -0.2) is 0 Å². The van der Waals surface area contributed by atoms with Gasteiger partial charge in [-0.05, 0) is 58.0 Å². The summed E-state index contributed by atoms with van der Waals surface area (Å²) in [5.41, 5.74) is 0.353. The van der Waals surface area contributed by atoms with Crippen LogP contribution in [0.4, 0.5) is 0 Å². The second-order valence-electron chi connectivity index (χ2n) is 7.81. The Hall–Kier alpha value is -3.34. The lowest BCUT2D eigenvalue weighted by Crippen LogP contribution is -2.50. The summed E-state index contributed by atoms with van der Waals surface area (Å²) in [5.74, 6) is -2.79. The molecule has 32 heavy (non-hydrogen) atoms. The number of amides is 4. The van der Waals surface area contributed by atoms with Gasteiger partial charge < -0.3 is 26.2 Å². The SMILES string of the molecule is C[C@H](NC(=O)CNC(=O)c1ccncc1)C(=O)NCC(=O)C(=O)NCC1CCN(C)CC1. The summed E-state index contributed by atoms with van der Waals surface area (Å²) >= 11 is 0. The molecule has 0 radical (unpaired) electrons. The van der Waals surface area contributed by atoms with E-state index in [1.54, 1.807) is 0 Å². The minimum atomic E-state index is -0.949. The summed E-state index contributed by atoms with van der Waals surface area (Å²) in [6.45, 7) is 3.00. The molecule has 0 unspecified atom stereocenters. The Labute approximate surface area is 186 Å². The number of pyridine rings is 1. The van der Waals surface area contributed by atoms with Crippen molar-refractivity contribution in [2.24, 2.45) is 5.92 Å². The van der Waals surface area contributed by atoms with E-state index in [-0.39, 0.29) is 6.54 Å². The molecular weight excluding hydrogens is 416 g/mol. The van der Waals surface area contributed by atoms with Crippen molar-refractivity contribution >= 4 is 29.4 Å². The van der Waals surface area contributed by atoms with Crippen molar-refractivity contribution in [3.05, 3.63) is 30.1 Å². The first-order valence-electron chi connectivity index (χ1n) is 10.5. The van der Waals surface area contributed by atoms with E-state index in [2.05, 4.69) is 31.2 Å². The summed E-state index contributed by atoms with van der Waals surface area (Å²) in [5, 5.41) is 9.81. The van der Waals surface area contributed by atoms with Crippen LogP contribution in [0.25, 0.3) is 0 Å². The lowest BCUT2D eigenvalue weighted by Gasteiger charge is -2.28. The highest BCUT2D eigenvalue weighted by Crippen LogP contribution is 2.14. The Morgan fingerprint density at radius 3 is 2.34 bits per heavy atom. The van der Waals surface area contributed by atoms with Crippen molar-refractivity contribution in [1.82, 2.24) is 31.2 Å². The van der Waals surface area contributed by atoms with Crippen LogP contribution in [0, 0.1) is 5.92 Å². The van der Waals surface area contributed by atoms with Gasteiger partial charge in [0.1, 0.15) is 6.04 Å². The highest BCUT2D eigenvalue weighted by molar-refractivity contribution is 6.37. The lowest BCUT2D eigenvalue weighted by atomic mass is 9.97. The Bertz CT molecular complexity index is 823. The molecule has 2 heterocycles. The van der Waals surface area contributed by atoms with Gasteiger partial charge in [-0.1, -0.05) is 0 Å². The van der Waals surface area contributed by atoms with Crippen molar-refractivity contribution in [3.63, 3.8) is 0 Å². The molecular formula is C21H30N6O5. The van der Waals surface area contributed by atoms with Gasteiger partial charge >= 0.3 is 0 Å². The van der Waals surface area contributed by atoms with Crippen molar-refractivity contribution in [2.45, 2.75) is 25.8 Å². The predicted octanol–water partition coefficient (Wildman–Crippen LogP) is -1.54. The smallest absolute Gasteiger partial charge is 0.289 e. The Balaban J connectivity index is 1.63. The van der Waals surface area contributed by atoms with E-state index in [0.29, 0.717) is 18.0 Å². The van der Waals surface area contributed by atoms with E-state index in [1.165, 1.54) is 31.5 Å². The van der Waals surface area contributed by atoms with Gasteiger partial charge in [-0.3, -0.25) is 29.0 Å². The number of ketones is 1. The van der Waals surface area contributed by atoms with Crippen molar-refractivity contribution in [3.8, 4) is 0 Å². The zero-order valence-electron chi connectivity index (χ0n) is 18.3. The fourth-order valence-corrected chi connectivity index (χ4v) is 3.13. The van der Waals surface area contributed by atoms with Gasteiger partial charge in [0.25, 0.3) is 11.8 Å². The molecule has 2 rings (SSSR count). The molecule has 1 aliphatic rings. The second kappa shape index (κ2) is 12.5. The molecule has 1 aromatic heterocycles. The third-order valence-electron chi connectivity index (χ3n) is 5.19. The molecule has 0 spiro atoms. The van der Waals surface area contributed by atoms with Crippen LogP contribution in [0.5, 0.6) is 0 Å². The third kappa shape index (κ3) is 8.42. The van der Waals surface area contributed by atoms with Crippen molar-refractivity contribution in [1.29, 1.82) is 0 Å². The Morgan fingerprint density at radius 2 is 1.69 bits per heavy atom. The van der Waals surface area contributed by atoms with Gasteiger partial charge in [0.2, 0.25) is 17.6 Å². The van der Waals surface area contributed by atoms with E-state index in [0.717, 1.165) is 25.9 Å². The maximum absolute atomic E-state index is 12.1. The average molecular weight is 447 g/mol. The van der Waals surface area contributed by atoms with Crippen LogP contribution in [0.3, 0.4) is 0 Å². The molecule has 0 bridgehead atoms. The Kier molecular flexibility index (Phi) is 9.74. The van der Waals surface area contributed by atoms with Crippen molar-refractivity contribution < 1.29 is 24.0 Å². The van der Waals surface area contributed by atoms with Crippen LogP contribution in [-0.2, 0) is 19.2 Å². The average Bonchev–Trinajstić information content (AvgIpc) is 2.80. The first-order chi connectivity index (χ1) is 15.3. The van der Waals surface area contributed by atoms with Gasteiger partial charge in [-0.2, -0.15) is 0 Å². The van der Waals surface area contributed by atoms with E-state index >= 15 is 0 Å². The summed E-state index contributed by atoms with van der Waals surface area (Å²) in [6, 6.07) is 2.06. The van der Waals surface area contributed by atoms with E-state index in [4.69, 9.17) is 0 Å². The molecule has 4 N–H and O–H groups in total. The molecule has 11 heteroatoms. The molecule has 1 aliphatic heterocycles. The minimum Gasteiger partial charge on any atom is -0.349 e. The molecule has 1 aromatic rings. The molecule has 1 atom stereocenters. The summed E-state index contributed by atoms with van der Waals surface area (Å²) < 4.78 is 0. The number of aromatic nitrogens is 1. The van der Waals surface area contributed by atoms with Crippen LogP contribution in [0.1, 0.15) is 30.1 Å². The number of piperidine rings is 1. The zero-order chi connectivity index (χ0) is 23.5. The van der Waals surface area contributed by atoms with Crippen LogP contribution in [0.2, 0.25) is 0 Å². The zero-order valence-corrected chi connectivity index (χ0v) is 18.3. The molecule has 0 aliphatic carbocycles. The molecule has 11 nitrogen and oxygen atoms in total. The first kappa shape index (κ1) is 24.9. The number of likely N-dealkylation sites (tertiary alicyclic amines) is 1. The number of nitrogens with one attached hydrogen (secondary N) is 4. The molecule has 174 valence electrons. The van der Waals surface area contributed by atoms with Gasteiger partial charge in [-0.15, -0.1) is 0 Å². The standard InChI is InChI=1S/C21H30N6O5/c1-14(26-18(29)13-25-20(31)16-3-7-22-8-4-16)19(30)24-12-17(28)21(32)23-11-15-5-9-27(2)10-6-15/h3-4,7-8,14-15H,5-6,9-13H2,1-2H3,(H,23,32)(H,24,30)(H,25,31)(H,26,29)/t14-/m0/s1. The van der Waals surface area contributed by atoms with Crippen LogP contribution < -0.4 is 21.3 Å². The van der Waals surface area contributed by atoms with Crippen LogP contribution in [0.15, 0.2) is 24.5 Å². The molecule has 0 aromatic carbocycles. The minimum absolute atomic E-state index is 0.322. The summed E-state index contributed by atoms with van der Waals surface area (Å²) in [6.07, 6.45) is 4.83. The topological polar surface area (TPSA) is 150 Å². The van der Waals surface area contributed by atoms with Crippen LogP contribution in [-0.4, -0.2) is 85.1 Å².